The lowest BCUT2D eigenvalue weighted by Crippen LogP contribution is -2.58. The average molecular weight is 677 g/mol. The highest BCUT2D eigenvalue weighted by Crippen LogP contribution is 2.63. The van der Waals surface area contributed by atoms with Crippen LogP contribution in [0.3, 0.4) is 0 Å². The maximum absolute atomic E-state index is 15.4. The van der Waals surface area contributed by atoms with Gasteiger partial charge in [0.05, 0.1) is 22.7 Å². The summed E-state index contributed by atoms with van der Waals surface area (Å²) in [7, 11) is 5.26. The van der Waals surface area contributed by atoms with Gasteiger partial charge in [0.25, 0.3) is 11.5 Å². The van der Waals surface area contributed by atoms with Crippen molar-refractivity contribution in [3.05, 3.63) is 63.1 Å². The Morgan fingerprint density at radius 3 is 2.36 bits per heavy atom. The van der Waals surface area contributed by atoms with Crippen LogP contribution in [0.2, 0.25) is 0 Å². The maximum atomic E-state index is 15.4. The van der Waals surface area contributed by atoms with Gasteiger partial charge >= 0.3 is 0 Å². The first kappa shape index (κ1) is 35.6. The largest absolute Gasteiger partial charge is 0.372 e. The molecule has 9 nitrogen and oxygen atoms in total. The minimum Gasteiger partial charge on any atom is -0.372 e. The molecule has 0 amide bonds. The normalized spacial score (nSPS) is 19.9. The van der Waals surface area contributed by atoms with Gasteiger partial charge in [0.2, 0.25) is 0 Å². The third-order valence-corrected chi connectivity index (χ3v) is 10.9. The molecule has 47 heavy (non-hydrogen) atoms. The van der Waals surface area contributed by atoms with Crippen LogP contribution in [0, 0.1) is 18.2 Å². The third kappa shape index (κ3) is 7.34. The molecule has 1 spiro atoms. The number of rotatable bonds is 9. The first-order valence-electron chi connectivity index (χ1n) is 16.3. The van der Waals surface area contributed by atoms with E-state index in [0.29, 0.717) is 36.2 Å². The van der Waals surface area contributed by atoms with Gasteiger partial charge < -0.3 is 30.0 Å². The molecule has 0 unspecified atom stereocenters. The second kappa shape index (κ2) is 14.0. The number of halogens is 3. The molecule has 3 aromatic rings. The van der Waals surface area contributed by atoms with Gasteiger partial charge in [-0.15, -0.1) is 0 Å². The molecule has 0 atom stereocenters. The molecule has 3 N–H and O–H groups in total. The van der Waals surface area contributed by atoms with Crippen molar-refractivity contribution in [2.75, 3.05) is 50.7 Å². The van der Waals surface area contributed by atoms with E-state index in [1.54, 1.807) is 25.6 Å². The van der Waals surface area contributed by atoms with E-state index < -0.39 is 29.5 Å². The van der Waals surface area contributed by atoms with Crippen LogP contribution < -0.4 is 16.6 Å². The molecule has 13 heteroatoms. The molecule has 2 aliphatic carbocycles. The lowest BCUT2D eigenvalue weighted by Gasteiger charge is -2.59. The third-order valence-electron chi connectivity index (χ3n) is 9.27. The predicted octanol–water partition coefficient (Wildman–Crippen LogP) is 5.31. The number of anilines is 1. The van der Waals surface area contributed by atoms with E-state index in [-0.39, 0.29) is 34.7 Å². The molecule has 0 bridgehead atoms. The van der Waals surface area contributed by atoms with Gasteiger partial charge in [-0.3, -0.25) is 4.79 Å². The van der Waals surface area contributed by atoms with Crippen LogP contribution in [0.5, 0.6) is 0 Å². The van der Waals surface area contributed by atoms with Crippen molar-refractivity contribution in [3.63, 3.8) is 0 Å². The van der Waals surface area contributed by atoms with E-state index >= 15 is 4.39 Å². The Balaban J connectivity index is 0.000000661. The number of nitrogens with zero attached hydrogens (tertiary/aromatic N) is 4. The van der Waals surface area contributed by atoms with Gasteiger partial charge in [-0.1, -0.05) is 26.0 Å². The van der Waals surface area contributed by atoms with E-state index in [4.69, 9.17) is 15.2 Å². The molecule has 4 fully saturated rings. The number of aromatic nitrogens is 3. The molecule has 2 saturated carbocycles. The quantitative estimate of drug-likeness (QED) is 0.312. The number of likely N-dealkylation sites (tertiary alicyclic amines) is 1. The van der Waals surface area contributed by atoms with Gasteiger partial charge in [-0.05, 0) is 68.7 Å². The topological polar surface area (TPSA) is 108 Å². The summed E-state index contributed by atoms with van der Waals surface area (Å²) in [6, 6.07) is 6.40. The molecular weight excluding hydrogens is 629 g/mol. The van der Waals surface area contributed by atoms with Crippen molar-refractivity contribution in [3.8, 4) is 0 Å². The summed E-state index contributed by atoms with van der Waals surface area (Å²) in [5.74, 6) is -1.62. The van der Waals surface area contributed by atoms with Gasteiger partial charge in [0.15, 0.2) is 0 Å². The number of hydrogen-bond acceptors (Lipinski definition) is 9. The van der Waals surface area contributed by atoms with Crippen LogP contribution in [0.15, 0.2) is 29.1 Å². The smallest absolute Gasteiger partial charge is 0.298 e. The molecule has 1 aromatic carbocycles. The SMILES string of the molecule is CC.COC1(c2cc3c(NCc4cccc(C(F)(F)COC5CN(C)C5)c4F)nc(C)nc3c(=O)n2C)CC2(CSC2)C1.NC1CC1. The van der Waals surface area contributed by atoms with E-state index in [1.807, 2.05) is 43.6 Å². The molecule has 4 heterocycles. The second-order valence-electron chi connectivity index (χ2n) is 13.1. The van der Waals surface area contributed by atoms with Crippen LogP contribution >= 0.6 is 11.8 Å². The molecule has 2 saturated heterocycles. The Bertz CT molecular complexity index is 1630. The van der Waals surface area contributed by atoms with Crippen molar-refractivity contribution in [2.24, 2.45) is 18.2 Å². The number of nitrogens with two attached hydrogens (primary N) is 1. The second-order valence-corrected chi connectivity index (χ2v) is 14.1. The fourth-order valence-corrected chi connectivity index (χ4v) is 7.65. The Labute approximate surface area is 278 Å². The monoisotopic (exact) mass is 676 g/mol. The fourth-order valence-electron chi connectivity index (χ4n) is 6.46. The Hall–Kier alpha value is -2.71. The Morgan fingerprint density at radius 2 is 1.81 bits per heavy atom. The van der Waals surface area contributed by atoms with Gasteiger partial charge in [0.1, 0.15) is 35.2 Å². The zero-order chi connectivity index (χ0) is 34.1. The minimum atomic E-state index is -3.49. The number of hydrogen-bond donors (Lipinski definition) is 2. The summed E-state index contributed by atoms with van der Waals surface area (Å²) < 4.78 is 58.3. The number of benzene rings is 1. The van der Waals surface area contributed by atoms with Crippen molar-refractivity contribution in [2.45, 2.75) is 76.7 Å². The first-order valence-corrected chi connectivity index (χ1v) is 17.5. The summed E-state index contributed by atoms with van der Waals surface area (Å²) in [5.41, 5.74) is 4.91. The first-order chi connectivity index (χ1) is 22.4. The fraction of sp³-hybridized carbons (Fsp3) is 0.618. The van der Waals surface area contributed by atoms with E-state index in [9.17, 15) is 13.6 Å². The summed E-state index contributed by atoms with van der Waals surface area (Å²) in [6.45, 7) is 5.81. The van der Waals surface area contributed by atoms with E-state index in [0.717, 1.165) is 36.1 Å². The van der Waals surface area contributed by atoms with Crippen LogP contribution in [0.4, 0.5) is 19.0 Å². The summed E-state index contributed by atoms with van der Waals surface area (Å²) >= 11 is 1.92. The van der Waals surface area contributed by atoms with E-state index in [2.05, 4.69) is 15.3 Å². The minimum absolute atomic E-state index is 0.0517. The van der Waals surface area contributed by atoms with Crippen LogP contribution in [-0.2, 0) is 34.6 Å². The lowest BCUT2D eigenvalue weighted by atomic mass is 9.59. The summed E-state index contributed by atoms with van der Waals surface area (Å²) in [4.78, 5) is 24.3. The number of alkyl halides is 2. The number of likely N-dealkylation sites (N-methyl/N-ethyl adjacent to an activating group) is 1. The number of thioether (sulfide) groups is 1. The molecule has 2 aliphatic heterocycles. The highest BCUT2D eigenvalue weighted by atomic mass is 32.2. The molecule has 2 aromatic heterocycles. The van der Waals surface area contributed by atoms with Crippen LogP contribution in [-0.4, -0.2) is 76.9 Å². The van der Waals surface area contributed by atoms with Gasteiger partial charge in [-0.2, -0.15) is 20.5 Å². The standard InChI is InChI=1S/C29H34F3N5O3S.C3H7N.C2H6/c1-17-34-24-20(8-22(37(3)26(24)38)28(39-4)12-27(13-28)15-41-16-27)25(35-17)33-9-18-6-5-7-21(23(18)30)29(31,32)14-40-19-10-36(2)11-19;4-3-1-2-3;1-2/h5-8,19H,9-16H2,1-4H3,(H,33,34,35);3H,1-2,4H2;1-2H3. The molecule has 7 rings (SSSR count). The maximum Gasteiger partial charge on any atom is 0.298 e. The van der Waals surface area contributed by atoms with Crippen molar-refractivity contribution in [1.82, 2.24) is 19.4 Å². The Kier molecular flexibility index (Phi) is 10.6. The van der Waals surface area contributed by atoms with Crippen LogP contribution in [0.25, 0.3) is 10.9 Å². The van der Waals surface area contributed by atoms with Crippen molar-refractivity contribution < 1.29 is 22.6 Å². The molecular formula is C34H47F3N6O3S. The number of ether oxygens (including phenoxy) is 2. The Morgan fingerprint density at radius 1 is 1.15 bits per heavy atom. The summed E-state index contributed by atoms with van der Waals surface area (Å²) in [5, 5.41) is 3.57. The van der Waals surface area contributed by atoms with Gasteiger partial charge in [-0.25, -0.2) is 14.4 Å². The van der Waals surface area contributed by atoms with Crippen molar-refractivity contribution >= 4 is 28.5 Å². The zero-order valence-electron chi connectivity index (χ0n) is 28.2. The lowest BCUT2D eigenvalue weighted by molar-refractivity contribution is -0.150. The highest BCUT2D eigenvalue weighted by molar-refractivity contribution is 8.00. The zero-order valence-corrected chi connectivity index (χ0v) is 29.0. The molecule has 0 radical (unpaired) electrons. The number of methoxy groups -OCH3 is 1. The predicted molar refractivity (Wildman–Crippen MR) is 181 cm³/mol. The number of fused-ring (bicyclic) bond motifs is 1. The summed E-state index contributed by atoms with van der Waals surface area (Å²) in [6.07, 6.45) is 3.90. The highest BCUT2D eigenvalue weighted by Gasteiger charge is 2.60. The molecule has 258 valence electrons. The van der Waals surface area contributed by atoms with Crippen LogP contribution in [0.1, 0.15) is 62.2 Å². The number of pyridine rings is 1. The van der Waals surface area contributed by atoms with Crippen molar-refractivity contribution in [1.29, 1.82) is 0 Å². The number of aryl methyl sites for hydroxylation is 1. The number of nitrogens with one attached hydrogen (secondary N) is 1. The van der Waals surface area contributed by atoms with Gasteiger partial charge in [0, 0.05) is 45.4 Å². The molecule has 4 aliphatic rings. The van der Waals surface area contributed by atoms with E-state index in [1.165, 1.54) is 25.0 Å². The average Bonchev–Trinajstić information content (AvgIpc) is 3.79.